The molecule has 0 heterocycles. The first kappa shape index (κ1) is 14.5. The van der Waals surface area contributed by atoms with Crippen molar-refractivity contribution < 1.29 is 14.6 Å². The van der Waals surface area contributed by atoms with Gasteiger partial charge in [0.2, 0.25) is 0 Å². The molecule has 0 aliphatic rings. The molecule has 0 aliphatic heterocycles. The Morgan fingerprint density at radius 1 is 1.00 bits per heavy atom. The second kappa shape index (κ2) is 7.04. The van der Waals surface area contributed by atoms with Crippen LogP contribution in [0, 0.1) is 0 Å². The van der Waals surface area contributed by atoms with E-state index in [9.17, 15) is 5.11 Å². The molecule has 0 atom stereocenters. The molecule has 0 aromatic heterocycles. The van der Waals surface area contributed by atoms with E-state index in [-0.39, 0.29) is 5.75 Å². The number of hydrogen-bond donors (Lipinski definition) is 1. The smallest absolute Gasteiger partial charge is 0.165 e. The van der Waals surface area contributed by atoms with Crippen molar-refractivity contribution in [3.63, 3.8) is 0 Å². The van der Waals surface area contributed by atoms with E-state index in [0.29, 0.717) is 12.4 Å². The summed E-state index contributed by atoms with van der Waals surface area (Å²) >= 11 is 0. The highest BCUT2D eigenvalue weighted by atomic mass is 16.5. The van der Waals surface area contributed by atoms with Crippen molar-refractivity contribution in [1.82, 2.24) is 0 Å². The average Bonchev–Trinajstić information content (AvgIpc) is 2.49. The number of aromatic hydroxyl groups is 1. The van der Waals surface area contributed by atoms with E-state index < -0.39 is 0 Å². The first-order chi connectivity index (χ1) is 9.77. The predicted molar refractivity (Wildman–Crippen MR) is 81.8 cm³/mol. The van der Waals surface area contributed by atoms with Crippen LogP contribution in [0.15, 0.2) is 30.3 Å². The van der Waals surface area contributed by atoms with Crippen LogP contribution in [0.4, 0.5) is 0 Å². The summed E-state index contributed by atoms with van der Waals surface area (Å²) in [5, 5.41) is 11.8. The van der Waals surface area contributed by atoms with E-state index in [0.717, 1.165) is 22.9 Å². The topological polar surface area (TPSA) is 38.7 Å². The maximum atomic E-state index is 10.1. The zero-order chi connectivity index (χ0) is 14.4. The van der Waals surface area contributed by atoms with E-state index in [1.54, 1.807) is 13.2 Å². The minimum Gasteiger partial charge on any atom is -0.504 e. The van der Waals surface area contributed by atoms with Gasteiger partial charge in [-0.25, -0.2) is 0 Å². The van der Waals surface area contributed by atoms with Crippen molar-refractivity contribution in [3.8, 4) is 17.2 Å². The van der Waals surface area contributed by atoms with Gasteiger partial charge in [-0.3, -0.25) is 0 Å². The van der Waals surface area contributed by atoms with Gasteiger partial charge in [-0.1, -0.05) is 50.5 Å². The molecule has 0 unspecified atom stereocenters. The predicted octanol–water partition coefficient (Wildman–Crippen LogP) is 4.51. The van der Waals surface area contributed by atoms with Crippen LogP contribution in [0.3, 0.4) is 0 Å². The molecule has 2 aromatic rings. The van der Waals surface area contributed by atoms with E-state index in [4.69, 9.17) is 9.47 Å². The molecular weight excluding hydrogens is 252 g/mol. The standard InChI is InChI=1S/C17H22O3/c1-3-4-5-8-11-20-15-12-16(19-2)17(18)14-10-7-6-9-13(14)15/h6-7,9-10,12,18H,3-5,8,11H2,1-2H3. The van der Waals surface area contributed by atoms with Crippen LogP contribution in [-0.2, 0) is 0 Å². The highest BCUT2D eigenvalue weighted by molar-refractivity contribution is 5.95. The molecule has 2 aromatic carbocycles. The Morgan fingerprint density at radius 3 is 2.45 bits per heavy atom. The average molecular weight is 274 g/mol. The number of methoxy groups -OCH3 is 1. The lowest BCUT2D eigenvalue weighted by Gasteiger charge is -2.13. The third kappa shape index (κ3) is 3.16. The van der Waals surface area contributed by atoms with Crippen LogP contribution in [0.25, 0.3) is 10.8 Å². The molecule has 2 rings (SSSR count). The Hall–Kier alpha value is -1.90. The SMILES string of the molecule is CCCCCCOc1cc(OC)c(O)c2ccccc12. The lowest BCUT2D eigenvalue weighted by Crippen LogP contribution is -1.98. The molecule has 0 saturated carbocycles. The Morgan fingerprint density at radius 2 is 1.75 bits per heavy atom. The van der Waals surface area contributed by atoms with Gasteiger partial charge in [0.05, 0.1) is 13.7 Å². The van der Waals surface area contributed by atoms with Gasteiger partial charge in [-0.2, -0.15) is 0 Å². The van der Waals surface area contributed by atoms with Gasteiger partial charge < -0.3 is 14.6 Å². The molecule has 108 valence electrons. The Bertz CT molecular complexity index is 563. The molecular formula is C17H22O3. The fourth-order valence-electron chi connectivity index (χ4n) is 2.29. The first-order valence-corrected chi connectivity index (χ1v) is 7.19. The molecule has 0 saturated heterocycles. The van der Waals surface area contributed by atoms with Crippen molar-refractivity contribution in [3.05, 3.63) is 30.3 Å². The van der Waals surface area contributed by atoms with Crippen LogP contribution in [0.2, 0.25) is 0 Å². The first-order valence-electron chi connectivity index (χ1n) is 7.19. The summed E-state index contributed by atoms with van der Waals surface area (Å²) < 4.78 is 11.1. The van der Waals surface area contributed by atoms with Crippen molar-refractivity contribution in [2.75, 3.05) is 13.7 Å². The quantitative estimate of drug-likeness (QED) is 0.755. The van der Waals surface area contributed by atoms with Gasteiger partial charge in [-0.15, -0.1) is 0 Å². The summed E-state index contributed by atoms with van der Waals surface area (Å²) in [6.45, 7) is 2.89. The van der Waals surface area contributed by atoms with E-state index in [1.807, 2.05) is 24.3 Å². The molecule has 20 heavy (non-hydrogen) atoms. The number of rotatable bonds is 7. The second-order valence-electron chi connectivity index (χ2n) is 4.88. The van der Waals surface area contributed by atoms with Gasteiger partial charge in [0.25, 0.3) is 0 Å². The van der Waals surface area contributed by atoms with E-state index in [1.165, 1.54) is 19.3 Å². The van der Waals surface area contributed by atoms with Gasteiger partial charge in [-0.05, 0) is 6.42 Å². The van der Waals surface area contributed by atoms with Crippen molar-refractivity contribution in [2.24, 2.45) is 0 Å². The molecule has 3 heteroatoms. The lowest BCUT2D eigenvalue weighted by molar-refractivity contribution is 0.305. The Labute approximate surface area is 120 Å². The number of ether oxygens (including phenoxy) is 2. The summed E-state index contributed by atoms with van der Waals surface area (Å²) in [6, 6.07) is 9.43. The Balaban J connectivity index is 2.21. The van der Waals surface area contributed by atoms with Crippen LogP contribution in [0.1, 0.15) is 32.6 Å². The number of hydrogen-bond acceptors (Lipinski definition) is 3. The zero-order valence-electron chi connectivity index (χ0n) is 12.2. The number of benzene rings is 2. The van der Waals surface area contributed by atoms with Crippen molar-refractivity contribution in [2.45, 2.75) is 32.6 Å². The largest absolute Gasteiger partial charge is 0.504 e. The molecule has 0 amide bonds. The number of unbranched alkanes of at least 4 members (excludes halogenated alkanes) is 3. The highest BCUT2D eigenvalue weighted by Gasteiger charge is 2.12. The summed E-state index contributed by atoms with van der Waals surface area (Å²) in [6.07, 6.45) is 4.69. The van der Waals surface area contributed by atoms with Crippen molar-refractivity contribution in [1.29, 1.82) is 0 Å². The fourth-order valence-corrected chi connectivity index (χ4v) is 2.29. The van der Waals surface area contributed by atoms with Crippen LogP contribution in [-0.4, -0.2) is 18.8 Å². The third-order valence-electron chi connectivity index (χ3n) is 3.42. The minimum absolute atomic E-state index is 0.168. The summed E-state index contributed by atoms with van der Waals surface area (Å²) in [5.41, 5.74) is 0. The van der Waals surface area contributed by atoms with Gasteiger partial charge >= 0.3 is 0 Å². The monoisotopic (exact) mass is 274 g/mol. The van der Waals surface area contributed by atoms with E-state index >= 15 is 0 Å². The molecule has 0 spiro atoms. The summed E-state index contributed by atoms with van der Waals surface area (Å²) in [5.74, 6) is 1.39. The van der Waals surface area contributed by atoms with Crippen LogP contribution < -0.4 is 9.47 Å². The molecule has 0 radical (unpaired) electrons. The van der Waals surface area contributed by atoms with Crippen LogP contribution >= 0.6 is 0 Å². The highest BCUT2D eigenvalue weighted by Crippen LogP contribution is 2.40. The Kier molecular flexibility index (Phi) is 5.10. The number of phenolic OH excluding ortho intramolecular Hbond substituents is 1. The minimum atomic E-state index is 0.168. The third-order valence-corrected chi connectivity index (χ3v) is 3.42. The molecule has 0 fully saturated rings. The molecule has 3 nitrogen and oxygen atoms in total. The van der Waals surface area contributed by atoms with Crippen molar-refractivity contribution >= 4 is 10.8 Å². The number of phenols is 1. The second-order valence-corrected chi connectivity index (χ2v) is 4.88. The van der Waals surface area contributed by atoms with Gasteiger partial charge in [0.15, 0.2) is 11.5 Å². The maximum absolute atomic E-state index is 10.1. The molecule has 0 aliphatic carbocycles. The molecule has 0 bridgehead atoms. The van der Waals surface area contributed by atoms with Crippen LogP contribution in [0.5, 0.6) is 17.2 Å². The van der Waals surface area contributed by atoms with E-state index in [2.05, 4.69) is 6.92 Å². The number of fused-ring (bicyclic) bond motifs is 1. The maximum Gasteiger partial charge on any atom is 0.165 e. The molecule has 1 N–H and O–H groups in total. The fraction of sp³-hybridized carbons (Fsp3) is 0.412. The summed E-state index contributed by atoms with van der Waals surface area (Å²) in [4.78, 5) is 0. The van der Waals surface area contributed by atoms with Gasteiger partial charge in [0, 0.05) is 16.8 Å². The lowest BCUT2D eigenvalue weighted by atomic mass is 10.1. The summed E-state index contributed by atoms with van der Waals surface area (Å²) in [7, 11) is 1.55. The van der Waals surface area contributed by atoms with Gasteiger partial charge in [0.1, 0.15) is 5.75 Å². The zero-order valence-corrected chi connectivity index (χ0v) is 12.2. The normalized spacial score (nSPS) is 10.7.